The van der Waals surface area contributed by atoms with E-state index in [4.69, 9.17) is 14.2 Å². The van der Waals surface area contributed by atoms with Crippen LogP contribution in [0.5, 0.6) is 11.5 Å². The number of hydrogen-bond donors (Lipinski definition) is 0. The predicted octanol–water partition coefficient (Wildman–Crippen LogP) is 6.80. The average molecular weight is 632 g/mol. The van der Waals surface area contributed by atoms with Crippen molar-refractivity contribution in [2.75, 3.05) is 7.11 Å². The van der Waals surface area contributed by atoms with Crippen molar-refractivity contribution in [1.29, 1.82) is 0 Å². The number of methoxy groups -OCH3 is 1. The van der Waals surface area contributed by atoms with Gasteiger partial charge in [-0.2, -0.15) is 0 Å². The lowest BCUT2D eigenvalue weighted by molar-refractivity contribution is -0.384. The van der Waals surface area contributed by atoms with Crippen molar-refractivity contribution < 1.29 is 23.9 Å². The van der Waals surface area contributed by atoms with E-state index in [-0.39, 0.29) is 23.9 Å². The molecule has 0 unspecified atom stereocenters. The van der Waals surface area contributed by atoms with E-state index in [0.717, 1.165) is 20.3 Å². The molecule has 4 aromatic rings. The van der Waals surface area contributed by atoms with Gasteiger partial charge in [0.15, 0.2) is 17.2 Å². The minimum atomic E-state index is -0.537. The maximum absolute atomic E-state index is 12.6. The number of hydrogen-bond acceptors (Lipinski definition) is 7. The fraction of sp³-hybridized carbons (Fsp3) is 0.0667. The van der Waals surface area contributed by atoms with E-state index in [0.29, 0.717) is 22.6 Å². The molecule has 39 heavy (non-hydrogen) atoms. The second-order valence-electron chi connectivity index (χ2n) is 8.53. The van der Waals surface area contributed by atoms with Crippen molar-refractivity contribution in [3.05, 3.63) is 127 Å². The first-order chi connectivity index (χ1) is 18.9. The van der Waals surface area contributed by atoms with Crippen molar-refractivity contribution in [2.24, 2.45) is 4.99 Å². The van der Waals surface area contributed by atoms with Gasteiger partial charge < -0.3 is 14.2 Å². The van der Waals surface area contributed by atoms with Gasteiger partial charge in [-0.25, -0.2) is 9.79 Å². The van der Waals surface area contributed by atoms with Crippen LogP contribution >= 0.6 is 22.6 Å². The molecule has 0 spiro atoms. The summed E-state index contributed by atoms with van der Waals surface area (Å²) in [5.74, 6) is 0.707. The number of aliphatic imine (C=N–C) groups is 1. The molecule has 1 heterocycles. The molecule has 0 aromatic heterocycles. The molecule has 0 saturated heterocycles. The number of rotatable bonds is 8. The minimum absolute atomic E-state index is 0.0174. The van der Waals surface area contributed by atoms with Crippen LogP contribution in [0, 0.1) is 13.7 Å². The molecule has 8 nitrogen and oxygen atoms in total. The Balaban J connectivity index is 1.34. The van der Waals surface area contributed by atoms with Crippen LogP contribution in [-0.2, 0) is 16.1 Å². The summed E-state index contributed by atoms with van der Waals surface area (Å²) in [6, 6.07) is 27.4. The fourth-order valence-electron chi connectivity index (χ4n) is 3.96. The number of esters is 1. The van der Waals surface area contributed by atoms with Gasteiger partial charge in [0.1, 0.15) is 6.61 Å². The summed E-state index contributed by atoms with van der Waals surface area (Å²) in [4.78, 5) is 27.4. The van der Waals surface area contributed by atoms with Crippen LogP contribution < -0.4 is 9.47 Å². The van der Waals surface area contributed by atoms with E-state index in [1.165, 1.54) is 19.2 Å². The van der Waals surface area contributed by atoms with Crippen molar-refractivity contribution in [3.8, 4) is 22.6 Å². The Hall–Kier alpha value is -4.51. The standard InChI is InChI=1S/C30H21IN2O6/c1-37-27-17-20(15-25(31)28(27)38-18-19-7-13-24(14-8-19)33(35)36)16-26-30(34)39-29(32-26)23-11-9-22(10-12-23)21-5-3-2-4-6-21/h2-17H,18H2,1H3/b26-16-. The summed E-state index contributed by atoms with van der Waals surface area (Å²) in [6.45, 7) is 0.202. The van der Waals surface area contributed by atoms with Gasteiger partial charge in [0, 0.05) is 17.7 Å². The summed E-state index contributed by atoms with van der Waals surface area (Å²) in [7, 11) is 1.53. The molecule has 0 saturated carbocycles. The van der Waals surface area contributed by atoms with E-state index in [2.05, 4.69) is 27.6 Å². The molecule has 0 atom stereocenters. The van der Waals surface area contributed by atoms with Gasteiger partial charge in [-0.15, -0.1) is 0 Å². The molecular formula is C30H21IN2O6. The average Bonchev–Trinajstić information content (AvgIpc) is 3.32. The third-order valence-corrected chi connectivity index (χ3v) is 6.75. The molecule has 5 rings (SSSR count). The molecule has 1 aliphatic heterocycles. The third kappa shape index (κ3) is 5.99. The molecule has 0 aliphatic carbocycles. The third-order valence-electron chi connectivity index (χ3n) is 5.94. The molecule has 0 fully saturated rings. The Kier molecular flexibility index (Phi) is 7.69. The topological polar surface area (TPSA) is 100 Å². The van der Waals surface area contributed by atoms with Crippen LogP contribution in [0.2, 0.25) is 0 Å². The number of ether oxygens (including phenoxy) is 3. The number of non-ortho nitro benzene ring substituents is 1. The maximum Gasteiger partial charge on any atom is 0.363 e. The van der Waals surface area contributed by atoms with Crippen LogP contribution in [0.15, 0.2) is 102 Å². The largest absolute Gasteiger partial charge is 0.493 e. The van der Waals surface area contributed by atoms with Crippen LogP contribution in [-0.4, -0.2) is 23.9 Å². The SMILES string of the molecule is COc1cc(/C=C2\N=C(c3ccc(-c4ccccc4)cc3)OC2=O)cc(I)c1OCc1ccc([N+](=O)[O-])cc1. The number of benzene rings is 4. The van der Waals surface area contributed by atoms with Crippen LogP contribution in [0.25, 0.3) is 17.2 Å². The molecule has 1 aliphatic rings. The molecule has 4 aromatic carbocycles. The number of nitro groups is 1. The first-order valence-corrected chi connectivity index (χ1v) is 12.9. The number of nitro benzene ring substituents is 1. The summed E-state index contributed by atoms with van der Waals surface area (Å²) >= 11 is 2.13. The highest BCUT2D eigenvalue weighted by Crippen LogP contribution is 2.36. The second kappa shape index (κ2) is 11.5. The summed E-state index contributed by atoms with van der Waals surface area (Å²) in [5.41, 5.74) is 4.51. The van der Waals surface area contributed by atoms with Crippen LogP contribution in [0.4, 0.5) is 5.69 Å². The highest BCUT2D eigenvalue weighted by Gasteiger charge is 2.24. The number of halogens is 1. The van der Waals surface area contributed by atoms with E-state index in [1.54, 1.807) is 24.3 Å². The minimum Gasteiger partial charge on any atom is -0.493 e. The molecule has 194 valence electrons. The normalized spacial score (nSPS) is 13.6. The van der Waals surface area contributed by atoms with Gasteiger partial charge in [0.2, 0.25) is 5.90 Å². The monoisotopic (exact) mass is 632 g/mol. The number of cyclic esters (lactones) is 1. The molecular weight excluding hydrogens is 611 g/mol. The molecule has 0 N–H and O–H groups in total. The molecule has 9 heteroatoms. The summed E-state index contributed by atoms with van der Waals surface area (Å²) in [6.07, 6.45) is 1.64. The number of nitrogens with zero attached hydrogens (tertiary/aromatic N) is 2. The predicted molar refractivity (Wildman–Crippen MR) is 156 cm³/mol. The maximum atomic E-state index is 12.6. The van der Waals surface area contributed by atoms with Crippen LogP contribution in [0.3, 0.4) is 0 Å². The van der Waals surface area contributed by atoms with Crippen molar-refractivity contribution >= 4 is 46.2 Å². The number of carbonyl (C=O) groups is 1. The van der Waals surface area contributed by atoms with Gasteiger partial charge in [-0.3, -0.25) is 10.1 Å². The molecule has 0 radical (unpaired) electrons. The van der Waals surface area contributed by atoms with E-state index >= 15 is 0 Å². The first-order valence-electron chi connectivity index (χ1n) is 11.8. The lowest BCUT2D eigenvalue weighted by atomic mass is 10.0. The second-order valence-corrected chi connectivity index (χ2v) is 9.69. The van der Waals surface area contributed by atoms with E-state index in [9.17, 15) is 14.9 Å². The van der Waals surface area contributed by atoms with E-state index < -0.39 is 10.9 Å². The van der Waals surface area contributed by atoms with Gasteiger partial charge in [0.05, 0.1) is 15.6 Å². The Labute approximate surface area is 237 Å². The highest BCUT2D eigenvalue weighted by atomic mass is 127. The summed E-state index contributed by atoms with van der Waals surface area (Å²) in [5, 5.41) is 10.9. The van der Waals surface area contributed by atoms with Crippen LogP contribution in [0.1, 0.15) is 16.7 Å². The Morgan fingerprint density at radius 1 is 0.949 bits per heavy atom. The Bertz CT molecular complexity index is 1600. The van der Waals surface area contributed by atoms with Crippen molar-refractivity contribution in [1.82, 2.24) is 0 Å². The van der Waals surface area contributed by atoms with Crippen molar-refractivity contribution in [3.63, 3.8) is 0 Å². The Morgan fingerprint density at radius 2 is 1.62 bits per heavy atom. The highest BCUT2D eigenvalue weighted by molar-refractivity contribution is 14.1. The Morgan fingerprint density at radius 3 is 2.28 bits per heavy atom. The fourth-order valence-corrected chi connectivity index (χ4v) is 4.74. The molecule has 0 bridgehead atoms. The molecule has 0 amide bonds. The smallest absolute Gasteiger partial charge is 0.363 e. The van der Waals surface area contributed by atoms with Gasteiger partial charge in [-0.05, 0) is 87.3 Å². The lowest BCUT2D eigenvalue weighted by Gasteiger charge is -2.13. The van der Waals surface area contributed by atoms with Gasteiger partial charge in [-0.1, -0.05) is 42.5 Å². The zero-order valence-electron chi connectivity index (χ0n) is 20.7. The number of carbonyl (C=O) groups excluding carboxylic acids is 1. The van der Waals surface area contributed by atoms with Gasteiger partial charge in [0.25, 0.3) is 5.69 Å². The zero-order valence-corrected chi connectivity index (χ0v) is 22.8. The van der Waals surface area contributed by atoms with Crippen molar-refractivity contribution in [2.45, 2.75) is 6.61 Å². The van der Waals surface area contributed by atoms with E-state index in [1.807, 2.05) is 60.7 Å². The quantitative estimate of drug-likeness (QED) is 0.0697. The lowest BCUT2D eigenvalue weighted by Crippen LogP contribution is -2.05. The first kappa shape index (κ1) is 26.1. The zero-order chi connectivity index (χ0) is 27.4. The summed E-state index contributed by atoms with van der Waals surface area (Å²) < 4.78 is 17.7. The van der Waals surface area contributed by atoms with Gasteiger partial charge >= 0.3 is 5.97 Å².